The highest BCUT2D eigenvalue weighted by Gasteiger charge is 2.32. The van der Waals surface area contributed by atoms with Crippen LogP contribution in [0.3, 0.4) is 0 Å². The van der Waals surface area contributed by atoms with Crippen LogP contribution in [0, 0.1) is 0 Å². The largest absolute Gasteiger partial charge is 0.315 e. The highest BCUT2D eigenvalue weighted by molar-refractivity contribution is 7.91. The van der Waals surface area contributed by atoms with Crippen LogP contribution in [0.2, 0.25) is 0 Å². The van der Waals surface area contributed by atoms with Crippen molar-refractivity contribution in [1.29, 1.82) is 0 Å². The standard InChI is InChI=1S/C12H24N2O2S/c1-2-7-14(12-3-6-13-10-12)11-4-8-17(15,16)9-5-11/h11-13H,2-10H2,1H3. The second kappa shape index (κ2) is 5.67. The van der Waals surface area contributed by atoms with Crippen molar-refractivity contribution in [1.82, 2.24) is 10.2 Å². The Hall–Kier alpha value is -0.130. The van der Waals surface area contributed by atoms with Crippen LogP contribution in [-0.4, -0.2) is 56.5 Å². The molecule has 2 aliphatic rings. The smallest absolute Gasteiger partial charge is 0.150 e. The zero-order valence-corrected chi connectivity index (χ0v) is 11.5. The molecule has 2 heterocycles. The minimum atomic E-state index is -2.73. The molecule has 17 heavy (non-hydrogen) atoms. The van der Waals surface area contributed by atoms with Crippen molar-refractivity contribution in [3.05, 3.63) is 0 Å². The van der Waals surface area contributed by atoms with E-state index in [2.05, 4.69) is 17.1 Å². The van der Waals surface area contributed by atoms with Crippen LogP contribution in [0.1, 0.15) is 32.6 Å². The second-order valence-corrected chi connectivity index (χ2v) is 7.57. The molecule has 2 saturated heterocycles. The third-order valence-corrected chi connectivity index (χ3v) is 5.69. The fraction of sp³-hybridized carbons (Fsp3) is 1.00. The van der Waals surface area contributed by atoms with E-state index in [0.717, 1.165) is 38.9 Å². The first-order valence-corrected chi connectivity index (χ1v) is 8.61. The molecule has 0 aromatic carbocycles. The summed E-state index contributed by atoms with van der Waals surface area (Å²) in [4.78, 5) is 2.56. The average molecular weight is 260 g/mol. The normalized spacial score (nSPS) is 29.9. The van der Waals surface area contributed by atoms with Crippen LogP contribution in [0.15, 0.2) is 0 Å². The minimum Gasteiger partial charge on any atom is -0.315 e. The number of hydrogen-bond acceptors (Lipinski definition) is 4. The zero-order chi connectivity index (χ0) is 12.3. The third-order valence-electron chi connectivity index (χ3n) is 3.98. The van der Waals surface area contributed by atoms with Crippen LogP contribution < -0.4 is 5.32 Å². The van der Waals surface area contributed by atoms with Gasteiger partial charge in [-0.05, 0) is 38.8 Å². The van der Waals surface area contributed by atoms with Gasteiger partial charge in [0.1, 0.15) is 9.84 Å². The molecule has 0 aromatic heterocycles. The van der Waals surface area contributed by atoms with Crippen molar-refractivity contribution in [2.75, 3.05) is 31.1 Å². The molecule has 5 heteroatoms. The Labute approximate surface area is 105 Å². The van der Waals surface area contributed by atoms with Crippen molar-refractivity contribution < 1.29 is 8.42 Å². The zero-order valence-electron chi connectivity index (χ0n) is 10.7. The first kappa shape index (κ1) is 13.3. The van der Waals surface area contributed by atoms with Gasteiger partial charge in [0.25, 0.3) is 0 Å². The summed E-state index contributed by atoms with van der Waals surface area (Å²) in [7, 11) is -2.73. The van der Waals surface area contributed by atoms with E-state index >= 15 is 0 Å². The maximum Gasteiger partial charge on any atom is 0.150 e. The van der Waals surface area contributed by atoms with Crippen molar-refractivity contribution in [2.45, 2.75) is 44.7 Å². The number of rotatable bonds is 4. The van der Waals surface area contributed by atoms with Gasteiger partial charge in [-0.2, -0.15) is 0 Å². The predicted molar refractivity (Wildman–Crippen MR) is 69.9 cm³/mol. The summed E-state index contributed by atoms with van der Waals surface area (Å²) in [5, 5.41) is 3.41. The van der Waals surface area contributed by atoms with Gasteiger partial charge in [-0.25, -0.2) is 8.42 Å². The lowest BCUT2D eigenvalue weighted by atomic mass is 10.1. The van der Waals surface area contributed by atoms with E-state index < -0.39 is 9.84 Å². The van der Waals surface area contributed by atoms with Crippen molar-refractivity contribution in [3.63, 3.8) is 0 Å². The fourth-order valence-corrected chi connectivity index (χ4v) is 4.52. The fourth-order valence-electron chi connectivity index (χ4n) is 3.05. The van der Waals surface area contributed by atoms with Gasteiger partial charge in [0, 0.05) is 18.6 Å². The summed E-state index contributed by atoms with van der Waals surface area (Å²) >= 11 is 0. The Bertz CT molecular complexity index is 322. The predicted octanol–water partition coefficient (Wildman–Crippen LogP) is 0.638. The van der Waals surface area contributed by atoms with Crippen LogP contribution in [-0.2, 0) is 9.84 Å². The summed E-state index contributed by atoms with van der Waals surface area (Å²) in [5.74, 6) is 0.774. The maximum absolute atomic E-state index is 11.5. The molecule has 1 N–H and O–H groups in total. The molecule has 2 aliphatic heterocycles. The number of hydrogen-bond donors (Lipinski definition) is 1. The monoisotopic (exact) mass is 260 g/mol. The third kappa shape index (κ3) is 3.42. The number of nitrogens with zero attached hydrogens (tertiary/aromatic N) is 1. The molecule has 2 rings (SSSR count). The summed E-state index contributed by atoms with van der Waals surface area (Å²) in [5.41, 5.74) is 0. The van der Waals surface area contributed by atoms with Gasteiger partial charge in [-0.15, -0.1) is 0 Å². The lowest BCUT2D eigenvalue weighted by Gasteiger charge is -2.38. The summed E-state index contributed by atoms with van der Waals surface area (Å²) in [6, 6.07) is 1.11. The van der Waals surface area contributed by atoms with Crippen molar-refractivity contribution >= 4 is 9.84 Å². The van der Waals surface area contributed by atoms with E-state index in [1.165, 1.54) is 6.42 Å². The van der Waals surface area contributed by atoms with Crippen molar-refractivity contribution in [3.8, 4) is 0 Å². The van der Waals surface area contributed by atoms with Crippen molar-refractivity contribution in [2.24, 2.45) is 0 Å². The highest BCUT2D eigenvalue weighted by atomic mass is 32.2. The summed E-state index contributed by atoms with van der Waals surface area (Å²) < 4.78 is 22.9. The Kier molecular flexibility index (Phi) is 4.44. The van der Waals surface area contributed by atoms with Crippen LogP contribution >= 0.6 is 0 Å². The molecule has 100 valence electrons. The maximum atomic E-state index is 11.5. The highest BCUT2D eigenvalue weighted by Crippen LogP contribution is 2.22. The SMILES string of the molecule is CCCN(C1CCS(=O)(=O)CC1)C1CCNC1. The molecule has 1 unspecified atom stereocenters. The molecule has 0 amide bonds. The minimum absolute atomic E-state index is 0.387. The van der Waals surface area contributed by atoms with Gasteiger partial charge in [0.05, 0.1) is 11.5 Å². The molecule has 0 bridgehead atoms. The Balaban J connectivity index is 1.96. The first-order valence-electron chi connectivity index (χ1n) is 6.79. The van der Waals surface area contributed by atoms with E-state index in [-0.39, 0.29) is 0 Å². The molecule has 4 nitrogen and oxygen atoms in total. The van der Waals surface area contributed by atoms with E-state index in [9.17, 15) is 8.42 Å². The average Bonchev–Trinajstić information content (AvgIpc) is 2.80. The lowest BCUT2D eigenvalue weighted by molar-refractivity contribution is 0.133. The lowest BCUT2D eigenvalue weighted by Crippen LogP contribution is -2.48. The molecule has 0 spiro atoms. The van der Waals surface area contributed by atoms with Crippen LogP contribution in [0.5, 0.6) is 0 Å². The second-order valence-electron chi connectivity index (χ2n) is 5.27. The van der Waals surface area contributed by atoms with Crippen LogP contribution in [0.4, 0.5) is 0 Å². The van der Waals surface area contributed by atoms with E-state index in [1.807, 2.05) is 0 Å². The van der Waals surface area contributed by atoms with E-state index in [0.29, 0.717) is 23.6 Å². The number of nitrogens with one attached hydrogen (secondary N) is 1. The quantitative estimate of drug-likeness (QED) is 0.806. The van der Waals surface area contributed by atoms with Gasteiger partial charge in [0.2, 0.25) is 0 Å². The first-order chi connectivity index (χ1) is 8.12. The van der Waals surface area contributed by atoms with Crippen LogP contribution in [0.25, 0.3) is 0 Å². The molecule has 0 radical (unpaired) electrons. The van der Waals surface area contributed by atoms with E-state index in [1.54, 1.807) is 0 Å². The van der Waals surface area contributed by atoms with Gasteiger partial charge in [-0.1, -0.05) is 6.92 Å². The van der Waals surface area contributed by atoms with E-state index in [4.69, 9.17) is 0 Å². The molecular weight excluding hydrogens is 236 g/mol. The molecule has 2 fully saturated rings. The van der Waals surface area contributed by atoms with Gasteiger partial charge in [-0.3, -0.25) is 4.90 Å². The molecule has 0 aliphatic carbocycles. The Morgan fingerprint density at radius 2 is 1.88 bits per heavy atom. The summed E-state index contributed by atoms with van der Waals surface area (Å²) in [6.45, 7) is 5.49. The molecular formula is C12H24N2O2S. The number of sulfone groups is 1. The molecule has 0 saturated carbocycles. The topological polar surface area (TPSA) is 49.4 Å². The molecule has 1 atom stereocenters. The Morgan fingerprint density at radius 3 is 2.41 bits per heavy atom. The van der Waals surface area contributed by atoms with Gasteiger partial charge >= 0.3 is 0 Å². The summed E-state index contributed by atoms with van der Waals surface area (Å²) in [6.07, 6.45) is 4.03. The van der Waals surface area contributed by atoms with Gasteiger partial charge in [0.15, 0.2) is 0 Å². The van der Waals surface area contributed by atoms with Gasteiger partial charge < -0.3 is 5.32 Å². The Morgan fingerprint density at radius 1 is 1.18 bits per heavy atom. The molecule has 0 aromatic rings.